The second kappa shape index (κ2) is 5.98. The van der Waals surface area contributed by atoms with Gasteiger partial charge in [-0.2, -0.15) is 0 Å². The largest absolute Gasteiger partial charge is 0.479 e. The monoisotopic (exact) mass is 224 g/mol. The minimum absolute atomic E-state index is 0.0597. The highest BCUT2D eigenvalue weighted by molar-refractivity contribution is 7.91. The number of hydrogen-bond donors (Lipinski definition) is 1. The van der Waals surface area contributed by atoms with Gasteiger partial charge in [0.05, 0.1) is 12.4 Å². The van der Waals surface area contributed by atoms with Crippen molar-refractivity contribution in [2.45, 2.75) is 26.4 Å². The van der Waals surface area contributed by atoms with Gasteiger partial charge in [0.15, 0.2) is 15.9 Å². The molecule has 14 heavy (non-hydrogen) atoms. The minimum Gasteiger partial charge on any atom is -0.479 e. The van der Waals surface area contributed by atoms with Gasteiger partial charge < -0.3 is 9.84 Å². The predicted octanol–water partition coefficient (Wildman–Crippen LogP) is 0.301. The molecule has 0 aliphatic heterocycles. The molecule has 0 saturated heterocycles. The molecule has 0 radical (unpaired) electrons. The molecular weight excluding hydrogens is 208 g/mol. The average Bonchev–Trinajstić information content (AvgIpc) is 2.03. The number of sulfone groups is 1. The van der Waals surface area contributed by atoms with Gasteiger partial charge in [0.25, 0.3) is 0 Å². The minimum atomic E-state index is -3.07. The highest BCUT2D eigenvalue weighted by Gasteiger charge is 2.14. The van der Waals surface area contributed by atoms with Crippen molar-refractivity contribution >= 4 is 15.8 Å². The van der Waals surface area contributed by atoms with Crippen LogP contribution in [0.5, 0.6) is 0 Å². The molecule has 0 amide bonds. The van der Waals surface area contributed by atoms with Gasteiger partial charge in [-0.15, -0.1) is 0 Å². The maximum Gasteiger partial charge on any atom is 0.332 e. The molecule has 0 saturated carbocycles. The van der Waals surface area contributed by atoms with E-state index in [4.69, 9.17) is 9.84 Å². The molecular formula is C8H16O5S. The molecule has 5 nitrogen and oxygen atoms in total. The lowest BCUT2D eigenvalue weighted by molar-refractivity contribution is -0.148. The van der Waals surface area contributed by atoms with Crippen molar-refractivity contribution in [1.29, 1.82) is 0 Å². The summed E-state index contributed by atoms with van der Waals surface area (Å²) < 4.78 is 27.1. The molecule has 1 unspecified atom stereocenters. The van der Waals surface area contributed by atoms with E-state index in [-0.39, 0.29) is 18.1 Å². The maximum atomic E-state index is 11.2. The van der Waals surface area contributed by atoms with Crippen LogP contribution in [0.15, 0.2) is 0 Å². The molecule has 0 aromatic carbocycles. The molecule has 0 aliphatic carbocycles. The van der Waals surface area contributed by atoms with Gasteiger partial charge >= 0.3 is 5.97 Å². The number of carboxylic acids is 1. The van der Waals surface area contributed by atoms with E-state index < -0.39 is 21.9 Å². The molecule has 6 heteroatoms. The molecule has 1 N–H and O–H groups in total. The Balaban J connectivity index is 3.79. The first kappa shape index (κ1) is 13.4. The number of rotatable bonds is 7. The number of hydrogen-bond acceptors (Lipinski definition) is 4. The summed E-state index contributed by atoms with van der Waals surface area (Å²) >= 11 is 0. The fourth-order valence-corrected chi connectivity index (χ4v) is 2.01. The third-order valence-electron chi connectivity index (χ3n) is 1.63. The van der Waals surface area contributed by atoms with Gasteiger partial charge in [0.1, 0.15) is 0 Å². The fourth-order valence-electron chi connectivity index (χ4n) is 0.836. The lowest BCUT2D eigenvalue weighted by Crippen LogP contribution is -2.24. The van der Waals surface area contributed by atoms with E-state index in [9.17, 15) is 13.2 Å². The summed E-state index contributed by atoms with van der Waals surface area (Å²) in [7, 11) is -3.07. The first-order valence-corrected chi connectivity index (χ1v) is 6.26. The summed E-state index contributed by atoms with van der Waals surface area (Å²) in [5.41, 5.74) is 0. The van der Waals surface area contributed by atoms with Crippen molar-refractivity contribution in [3.8, 4) is 0 Å². The van der Waals surface area contributed by atoms with Gasteiger partial charge in [-0.05, 0) is 13.3 Å². The second-order valence-corrected chi connectivity index (χ2v) is 5.31. The Bertz CT molecular complexity index is 269. The molecule has 0 aromatic rings. The Morgan fingerprint density at radius 1 is 1.43 bits per heavy atom. The highest BCUT2D eigenvalue weighted by atomic mass is 32.2. The van der Waals surface area contributed by atoms with Crippen molar-refractivity contribution in [2.75, 3.05) is 18.1 Å². The zero-order valence-electron chi connectivity index (χ0n) is 8.39. The van der Waals surface area contributed by atoms with Crippen LogP contribution >= 0.6 is 0 Å². The lowest BCUT2D eigenvalue weighted by atomic mass is 10.4. The predicted molar refractivity (Wildman–Crippen MR) is 52.0 cm³/mol. The van der Waals surface area contributed by atoms with E-state index in [1.54, 1.807) is 6.92 Å². The Hall–Kier alpha value is -0.620. The molecule has 1 atom stereocenters. The number of aliphatic carboxylic acids is 1. The van der Waals surface area contributed by atoms with E-state index in [0.29, 0.717) is 6.42 Å². The summed E-state index contributed by atoms with van der Waals surface area (Å²) in [6.07, 6.45) is -0.386. The Morgan fingerprint density at radius 3 is 2.43 bits per heavy atom. The quantitative estimate of drug-likeness (QED) is 0.672. The fraction of sp³-hybridized carbons (Fsp3) is 0.875. The topological polar surface area (TPSA) is 80.7 Å². The Morgan fingerprint density at radius 2 is 2.00 bits per heavy atom. The third-order valence-corrected chi connectivity index (χ3v) is 3.44. The first-order chi connectivity index (χ1) is 6.39. The van der Waals surface area contributed by atoms with E-state index in [0.717, 1.165) is 0 Å². The average molecular weight is 224 g/mol. The van der Waals surface area contributed by atoms with Gasteiger partial charge in [-0.25, -0.2) is 13.2 Å². The normalized spacial score (nSPS) is 13.9. The molecule has 0 fully saturated rings. The van der Waals surface area contributed by atoms with Crippen LogP contribution in [-0.4, -0.2) is 43.7 Å². The van der Waals surface area contributed by atoms with Crippen LogP contribution in [0.2, 0.25) is 0 Å². The lowest BCUT2D eigenvalue weighted by Gasteiger charge is -2.08. The summed E-state index contributed by atoms with van der Waals surface area (Å²) in [6.45, 7) is 3.09. The van der Waals surface area contributed by atoms with E-state index in [2.05, 4.69) is 0 Å². The van der Waals surface area contributed by atoms with Crippen LogP contribution in [0, 0.1) is 0 Å². The van der Waals surface area contributed by atoms with Crippen molar-refractivity contribution in [3.63, 3.8) is 0 Å². The van der Waals surface area contributed by atoms with Crippen molar-refractivity contribution in [3.05, 3.63) is 0 Å². The van der Waals surface area contributed by atoms with Crippen LogP contribution < -0.4 is 0 Å². The molecule has 0 bridgehead atoms. The Kier molecular flexibility index (Phi) is 5.71. The summed E-state index contributed by atoms with van der Waals surface area (Å²) in [5, 5.41) is 8.44. The van der Waals surface area contributed by atoms with Gasteiger partial charge in [0.2, 0.25) is 0 Å². The summed E-state index contributed by atoms with van der Waals surface area (Å²) in [5.74, 6) is -1.08. The van der Waals surface area contributed by atoms with Crippen LogP contribution in [-0.2, 0) is 19.4 Å². The van der Waals surface area contributed by atoms with E-state index >= 15 is 0 Å². The second-order valence-electron chi connectivity index (χ2n) is 3.00. The van der Waals surface area contributed by atoms with Crippen molar-refractivity contribution in [1.82, 2.24) is 0 Å². The number of carboxylic acid groups (broad SMARTS) is 1. The molecule has 0 aliphatic rings. The van der Waals surface area contributed by atoms with Gasteiger partial charge in [-0.1, -0.05) is 6.92 Å². The van der Waals surface area contributed by atoms with E-state index in [1.165, 1.54) is 6.92 Å². The van der Waals surface area contributed by atoms with Crippen molar-refractivity contribution in [2.24, 2.45) is 0 Å². The molecule has 0 heterocycles. The standard InChI is InChI=1S/C8H16O5S/c1-3-5-14(11,12)6-4-13-7(2)8(9)10/h7H,3-6H2,1-2H3,(H,9,10). The first-order valence-electron chi connectivity index (χ1n) is 4.44. The van der Waals surface area contributed by atoms with Gasteiger partial charge in [-0.3, -0.25) is 0 Å². The zero-order chi connectivity index (χ0) is 11.2. The van der Waals surface area contributed by atoms with Crippen LogP contribution in [0.25, 0.3) is 0 Å². The van der Waals surface area contributed by atoms with E-state index in [1.807, 2.05) is 0 Å². The number of carbonyl (C=O) groups is 1. The molecule has 0 aromatic heterocycles. The molecule has 84 valence electrons. The Labute approximate surface area is 84.0 Å². The van der Waals surface area contributed by atoms with Crippen LogP contribution in [0.4, 0.5) is 0 Å². The molecule has 0 rings (SSSR count). The zero-order valence-corrected chi connectivity index (χ0v) is 9.21. The summed E-state index contributed by atoms with van der Waals surface area (Å²) in [4.78, 5) is 10.3. The van der Waals surface area contributed by atoms with Gasteiger partial charge in [0, 0.05) is 5.75 Å². The molecule has 0 spiro atoms. The van der Waals surface area contributed by atoms with Crippen molar-refractivity contribution < 1.29 is 23.1 Å². The smallest absolute Gasteiger partial charge is 0.332 e. The van der Waals surface area contributed by atoms with Crippen LogP contribution in [0.1, 0.15) is 20.3 Å². The third kappa shape index (κ3) is 5.93. The summed E-state index contributed by atoms with van der Waals surface area (Å²) in [6, 6.07) is 0. The van der Waals surface area contributed by atoms with Crippen LogP contribution in [0.3, 0.4) is 0 Å². The maximum absolute atomic E-state index is 11.2. The number of ether oxygens (including phenoxy) is 1. The highest BCUT2D eigenvalue weighted by Crippen LogP contribution is 1.96. The SMILES string of the molecule is CCCS(=O)(=O)CCOC(C)C(=O)O.